The van der Waals surface area contributed by atoms with Gasteiger partial charge in [0.15, 0.2) is 0 Å². The molecule has 2 N–H and O–H groups in total. The molecule has 4 aromatic rings. The maximum atomic E-state index is 12.8. The number of aryl methyl sites for hydroxylation is 1. The van der Waals surface area contributed by atoms with Crippen molar-refractivity contribution in [1.29, 1.82) is 0 Å². The second kappa shape index (κ2) is 7.63. The molecule has 0 radical (unpaired) electrons. The lowest BCUT2D eigenvalue weighted by molar-refractivity contribution is -0.137. The molecule has 1 aliphatic rings. The highest BCUT2D eigenvalue weighted by molar-refractivity contribution is 5.83. The van der Waals surface area contributed by atoms with Crippen LogP contribution in [-0.4, -0.2) is 26.4 Å². The summed E-state index contributed by atoms with van der Waals surface area (Å²) in [6.07, 6.45) is -1.79. The molecule has 1 aliphatic heterocycles. The fraction of sp³-hybridized carbons (Fsp3) is 0.250. The van der Waals surface area contributed by atoms with E-state index < -0.39 is 11.7 Å². The molecule has 0 spiro atoms. The fourth-order valence-corrected chi connectivity index (χ4v) is 4.24. The van der Waals surface area contributed by atoms with Crippen molar-refractivity contribution in [3.8, 4) is 11.4 Å². The van der Waals surface area contributed by atoms with Crippen molar-refractivity contribution in [3.63, 3.8) is 0 Å². The van der Waals surface area contributed by atoms with Gasteiger partial charge in [-0.05, 0) is 36.2 Å². The summed E-state index contributed by atoms with van der Waals surface area (Å²) >= 11 is 0. The number of H-pyrrole nitrogens is 2. The monoisotopic (exact) mass is 438 g/mol. The average molecular weight is 438 g/mol. The van der Waals surface area contributed by atoms with Crippen LogP contribution in [0.3, 0.4) is 0 Å². The Morgan fingerprint density at radius 2 is 1.91 bits per heavy atom. The lowest BCUT2D eigenvalue weighted by Crippen LogP contribution is -2.35. The van der Waals surface area contributed by atoms with E-state index in [-0.39, 0.29) is 5.56 Å². The predicted octanol–water partition coefficient (Wildman–Crippen LogP) is 4.80. The highest BCUT2D eigenvalue weighted by atomic mass is 19.4. The summed E-state index contributed by atoms with van der Waals surface area (Å²) in [5.41, 5.74) is 4.26. The summed E-state index contributed by atoms with van der Waals surface area (Å²) in [6, 6.07) is 11.0. The Balaban J connectivity index is 1.38. The van der Waals surface area contributed by atoms with Crippen LogP contribution >= 0.6 is 0 Å². The van der Waals surface area contributed by atoms with Crippen LogP contribution in [0.5, 0.6) is 0 Å². The summed E-state index contributed by atoms with van der Waals surface area (Å²) in [5.74, 6) is 0.294. The summed E-state index contributed by atoms with van der Waals surface area (Å²) in [6.45, 7) is 3.99. The van der Waals surface area contributed by atoms with Gasteiger partial charge in [0.25, 0.3) is 5.56 Å². The van der Waals surface area contributed by atoms with E-state index in [0.717, 1.165) is 24.2 Å². The number of aromatic amines is 2. The Morgan fingerprint density at radius 1 is 1.12 bits per heavy atom. The van der Waals surface area contributed by atoms with Crippen LogP contribution in [0.4, 0.5) is 13.2 Å². The largest absolute Gasteiger partial charge is 0.416 e. The number of nitrogens with one attached hydrogen (secondary N) is 2. The van der Waals surface area contributed by atoms with Crippen LogP contribution in [0.25, 0.3) is 22.3 Å². The topological polar surface area (TPSA) is 64.8 Å². The van der Waals surface area contributed by atoms with Crippen molar-refractivity contribution in [2.45, 2.75) is 32.6 Å². The highest BCUT2D eigenvalue weighted by Gasteiger charge is 2.30. The molecule has 2 aromatic carbocycles. The van der Waals surface area contributed by atoms with Gasteiger partial charge in [-0.15, -0.1) is 0 Å². The summed E-state index contributed by atoms with van der Waals surface area (Å²) in [7, 11) is 0. The predicted molar refractivity (Wildman–Crippen MR) is 116 cm³/mol. The molecule has 164 valence electrons. The van der Waals surface area contributed by atoms with Crippen molar-refractivity contribution < 1.29 is 13.2 Å². The quantitative estimate of drug-likeness (QED) is 0.483. The molecule has 0 atom stereocenters. The Morgan fingerprint density at radius 3 is 2.66 bits per heavy atom. The maximum absolute atomic E-state index is 12.8. The minimum absolute atomic E-state index is 0.246. The van der Waals surface area contributed by atoms with Crippen LogP contribution in [0.1, 0.15) is 27.9 Å². The smallest absolute Gasteiger partial charge is 0.361 e. The van der Waals surface area contributed by atoms with E-state index in [1.807, 2.05) is 6.20 Å². The molecule has 0 bridgehead atoms. The number of halogens is 3. The molecular formula is C24H21F3N4O. The standard InChI is InChI=1S/C24H21F3N4O/c1-14-2-7-18-16(11-28-21(18)10-14)12-31-9-8-20-19(13-31)23(32)30-22(29-20)15-3-5-17(6-4-15)24(25,26)27/h2-7,10-11,28H,8-9,12-13H2,1H3,(H,29,30,32). The molecule has 8 heteroatoms. The molecule has 0 saturated carbocycles. The van der Waals surface area contributed by atoms with E-state index in [1.165, 1.54) is 28.6 Å². The lowest BCUT2D eigenvalue weighted by atomic mass is 10.0. The highest BCUT2D eigenvalue weighted by Crippen LogP contribution is 2.30. The Hall–Kier alpha value is -3.39. The number of hydrogen-bond donors (Lipinski definition) is 2. The summed E-state index contributed by atoms with van der Waals surface area (Å²) in [5, 5.41) is 1.17. The Labute approximate surface area is 181 Å². The van der Waals surface area contributed by atoms with E-state index in [4.69, 9.17) is 0 Å². The number of fused-ring (bicyclic) bond motifs is 2. The zero-order valence-corrected chi connectivity index (χ0v) is 17.4. The third kappa shape index (κ3) is 3.82. The van der Waals surface area contributed by atoms with Gasteiger partial charge in [-0.1, -0.05) is 24.3 Å². The summed E-state index contributed by atoms with van der Waals surface area (Å²) < 4.78 is 38.4. The second-order valence-corrected chi connectivity index (χ2v) is 8.24. The van der Waals surface area contributed by atoms with Crippen molar-refractivity contribution in [3.05, 3.63) is 87.0 Å². The van der Waals surface area contributed by atoms with E-state index in [1.54, 1.807) is 0 Å². The molecular weight excluding hydrogens is 417 g/mol. The first kappa shape index (κ1) is 20.5. The van der Waals surface area contributed by atoms with Crippen LogP contribution in [0, 0.1) is 6.92 Å². The van der Waals surface area contributed by atoms with Gasteiger partial charge in [-0.2, -0.15) is 13.2 Å². The molecule has 0 saturated heterocycles. The van der Waals surface area contributed by atoms with Crippen molar-refractivity contribution in [2.75, 3.05) is 6.54 Å². The molecule has 5 rings (SSSR count). The number of aromatic nitrogens is 3. The Kier molecular flexibility index (Phi) is 4.89. The van der Waals surface area contributed by atoms with E-state index in [0.29, 0.717) is 42.2 Å². The van der Waals surface area contributed by atoms with Gasteiger partial charge >= 0.3 is 6.18 Å². The molecule has 0 aliphatic carbocycles. The average Bonchev–Trinajstić information content (AvgIpc) is 3.15. The molecule has 0 fully saturated rings. The second-order valence-electron chi connectivity index (χ2n) is 8.24. The van der Waals surface area contributed by atoms with Crippen LogP contribution in [0.2, 0.25) is 0 Å². The normalized spacial score (nSPS) is 14.6. The zero-order chi connectivity index (χ0) is 22.5. The first-order valence-electron chi connectivity index (χ1n) is 10.4. The minimum atomic E-state index is -4.40. The third-order valence-corrected chi connectivity index (χ3v) is 5.95. The molecule has 5 nitrogen and oxygen atoms in total. The zero-order valence-electron chi connectivity index (χ0n) is 17.4. The number of alkyl halides is 3. The fourth-order valence-electron chi connectivity index (χ4n) is 4.24. The first-order valence-corrected chi connectivity index (χ1v) is 10.4. The van der Waals surface area contributed by atoms with Crippen LogP contribution in [0.15, 0.2) is 53.5 Å². The first-order chi connectivity index (χ1) is 15.3. The molecule has 0 unspecified atom stereocenters. The maximum Gasteiger partial charge on any atom is 0.416 e. The molecule has 32 heavy (non-hydrogen) atoms. The number of benzene rings is 2. The third-order valence-electron chi connectivity index (χ3n) is 5.95. The molecule has 0 amide bonds. The molecule has 2 aromatic heterocycles. The molecule has 3 heterocycles. The van der Waals surface area contributed by atoms with Gasteiger partial charge in [0.2, 0.25) is 0 Å². The number of nitrogens with zero attached hydrogens (tertiary/aromatic N) is 2. The van der Waals surface area contributed by atoms with E-state index in [2.05, 4.69) is 45.0 Å². The lowest BCUT2D eigenvalue weighted by Gasteiger charge is -2.27. The van der Waals surface area contributed by atoms with Gasteiger partial charge in [0.05, 0.1) is 16.8 Å². The van der Waals surface area contributed by atoms with Crippen molar-refractivity contribution >= 4 is 10.9 Å². The number of hydrogen-bond acceptors (Lipinski definition) is 3. The van der Waals surface area contributed by atoms with Gasteiger partial charge in [0, 0.05) is 48.7 Å². The van der Waals surface area contributed by atoms with Gasteiger partial charge in [-0.25, -0.2) is 4.98 Å². The van der Waals surface area contributed by atoms with Crippen molar-refractivity contribution in [1.82, 2.24) is 19.9 Å². The van der Waals surface area contributed by atoms with E-state index >= 15 is 0 Å². The van der Waals surface area contributed by atoms with Gasteiger partial charge in [-0.3, -0.25) is 9.69 Å². The Bertz CT molecular complexity index is 1350. The van der Waals surface area contributed by atoms with Gasteiger partial charge in [0.1, 0.15) is 5.82 Å². The van der Waals surface area contributed by atoms with Crippen molar-refractivity contribution in [2.24, 2.45) is 0 Å². The van der Waals surface area contributed by atoms with Crippen LogP contribution < -0.4 is 5.56 Å². The number of rotatable bonds is 3. The van der Waals surface area contributed by atoms with Gasteiger partial charge < -0.3 is 9.97 Å². The SMILES string of the molecule is Cc1ccc2c(CN3CCc4nc(-c5ccc(C(F)(F)F)cc5)[nH]c(=O)c4C3)c[nH]c2c1. The minimum Gasteiger partial charge on any atom is -0.361 e. The van der Waals surface area contributed by atoms with E-state index in [9.17, 15) is 18.0 Å². The summed E-state index contributed by atoms with van der Waals surface area (Å²) in [4.78, 5) is 25.6. The van der Waals surface area contributed by atoms with Crippen LogP contribution in [-0.2, 0) is 25.7 Å².